The Bertz CT molecular complexity index is 1190. The van der Waals surface area contributed by atoms with Crippen LogP contribution in [-0.2, 0) is 0 Å². The van der Waals surface area contributed by atoms with Crippen LogP contribution in [0.3, 0.4) is 0 Å². The average Bonchev–Trinajstić information content (AvgIpc) is 3.17. The first-order valence-corrected chi connectivity index (χ1v) is 10.4. The summed E-state index contributed by atoms with van der Waals surface area (Å²) in [5, 5.41) is 12.0. The molecule has 4 rings (SSSR count). The average molecular weight is 415 g/mol. The zero-order valence-corrected chi connectivity index (χ0v) is 18.2. The van der Waals surface area contributed by atoms with Crippen LogP contribution in [0, 0.1) is 0 Å². The molecule has 1 aromatic heterocycles. The van der Waals surface area contributed by atoms with Gasteiger partial charge in [0.25, 0.3) is 5.91 Å². The largest absolute Gasteiger partial charge is 0.491 e. The zero-order valence-electron chi connectivity index (χ0n) is 18.2. The number of rotatable bonds is 6. The molecule has 158 valence electrons. The molecule has 3 aromatic carbocycles. The van der Waals surface area contributed by atoms with Gasteiger partial charge in [-0.3, -0.25) is 4.79 Å². The number of carbonyl (C=O) groups is 1. The predicted molar refractivity (Wildman–Crippen MR) is 123 cm³/mol. The van der Waals surface area contributed by atoms with Gasteiger partial charge in [0, 0.05) is 11.3 Å². The fraction of sp³-hybridized carbons (Fsp3) is 0.240. The molecule has 6 heteroatoms. The van der Waals surface area contributed by atoms with Crippen molar-refractivity contribution in [1.82, 2.24) is 15.0 Å². The summed E-state index contributed by atoms with van der Waals surface area (Å²) in [6.07, 6.45) is 0.0907. The van der Waals surface area contributed by atoms with Gasteiger partial charge < -0.3 is 10.1 Å². The van der Waals surface area contributed by atoms with Crippen molar-refractivity contribution in [1.29, 1.82) is 0 Å². The third kappa shape index (κ3) is 4.74. The molecule has 0 spiro atoms. The zero-order chi connectivity index (χ0) is 22.0. The topological polar surface area (TPSA) is 69.0 Å². The summed E-state index contributed by atoms with van der Waals surface area (Å²) in [6.45, 7) is 8.26. The molecule has 1 amide bonds. The Morgan fingerprint density at radius 3 is 2.19 bits per heavy atom. The van der Waals surface area contributed by atoms with E-state index in [-0.39, 0.29) is 12.0 Å². The first kappa shape index (κ1) is 20.6. The van der Waals surface area contributed by atoms with Crippen LogP contribution in [0.15, 0.2) is 66.7 Å². The molecule has 0 radical (unpaired) electrons. The number of hydrogen-bond donors (Lipinski definition) is 1. The highest BCUT2D eigenvalue weighted by Crippen LogP contribution is 2.21. The molecule has 4 aromatic rings. The fourth-order valence-corrected chi connectivity index (χ4v) is 3.26. The molecule has 0 saturated heterocycles. The second kappa shape index (κ2) is 8.60. The first-order chi connectivity index (χ1) is 14.9. The number of hydrogen-bond acceptors (Lipinski definition) is 4. The second-order valence-electron chi connectivity index (χ2n) is 8.08. The van der Waals surface area contributed by atoms with Crippen molar-refractivity contribution in [2.45, 2.75) is 39.7 Å². The van der Waals surface area contributed by atoms with Crippen LogP contribution in [0.2, 0.25) is 0 Å². The molecule has 0 saturated carbocycles. The Morgan fingerprint density at radius 1 is 0.871 bits per heavy atom. The van der Waals surface area contributed by atoms with E-state index in [4.69, 9.17) is 4.74 Å². The van der Waals surface area contributed by atoms with E-state index >= 15 is 0 Å². The predicted octanol–water partition coefficient (Wildman–Crippen LogP) is 5.58. The summed E-state index contributed by atoms with van der Waals surface area (Å²) in [7, 11) is 0. The number of ether oxygens (including phenoxy) is 1. The van der Waals surface area contributed by atoms with Crippen molar-refractivity contribution in [2.75, 3.05) is 5.32 Å². The first-order valence-electron chi connectivity index (χ1n) is 10.4. The Labute approximate surface area is 181 Å². The third-order valence-electron chi connectivity index (χ3n) is 4.92. The van der Waals surface area contributed by atoms with E-state index in [1.165, 1.54) is 5.56 Å². The molecule has 0 fully saturated rings. The molecule has 0 bridgehead atoms. The maximum absolute atomic E-state index is 12.6. The van der Waals surface area contributed by atoms with E-state index in [0.717, 1.165) is 17.0 Å². The minimum atomic E-state index is -0.188. The summed E-state index contributed by atoms with van der Waals surface area (Å²) in [4.78, 5) is 14.2. The van der Waals surface area contributed by atoms with Gasteiger partial charge in [0.2, 0.25) is 0 Å². The van der Waals surface area contributed by atoms with E-state index in [2.05, 4.69) is 41.5 Å². The van der Waals surface area contributed by atoms with Crippen LogP contribution < -0.4 is 10.1 Å². The Kier molecular flexibility index (Phi) is 5.71. The number of amides is 1. The standard InChI is InChI=1S/C25H26N4O2/c1-16(2)18-5-10-21(11-6-18)29-27-23-14-9-20(15-24(23)28-29)26-25(30)19-7-12-22(13-8-19)31-17(3)4/h5-17H,1-4H3,(H,26,30). The molecule has 0 atom stereocenters. The van der Waals surface area contributed by atoms with Gasteiger partial charge in [-0.1, -0.05) is 26.0 Å². The van der Waals surface area contributed by atoms with E-state index in [0.29, 0.717) is 22.7 Å². The number of benzene rings is 3. The quantitative estimate of drug-likeness (QED) is 0.447. The van der Waals surface area contributed by atoms with Crippen LogP contribution >= 0.6 is 0 Å². The Hall–Kier alpha value is -3.67. The fourth-order valence-electron chi connectivity index (χ4n) is 3.26. The van der Waals surface area contributed by atoms with Crippen LogP contribution in [0.25, 0.3) is 16.7 Å². The van der Waals surface area contributed by atoms with Crippen molar-refractivity contribution in [3.8, 4) is 11.4 Å². The van der Waals surface area contributed by atoms with Gasteiger partial charge in [0.15, 0.2) is 0 Å². The molecular weight excluding hydrogens is 388 g/mol. The number of carbonyl (C=O) groups excluding carboxylic acids is 1. The van der Waals surface area contributed by atoms with Crippen molar-refractivity contribution < 1.29 is 9.53 Å². The van der Waals surface area contributed by atoms with Crippen LogP contribution in [0.5, 0.6) is 5.75 Å². The van der Waals surface area contributed by atoms with Crippen LogP contribution in [0.4, 0.5) is 5.69 Å². The van der Waals surface area contributed by atoms with E-state index in [9.17, 15) is 4.79 Å². The van der Waals surface area contributed by atoms with Crippen LogP contribution in [0.1, 0.15) is 49.5 Å². The van der Waals surface area contributed by atoms with Crippen LogP contribution in [-0.4, -0.2) is 27.0 Å². The van der Waals surface area contributed by atoms with Gasteiger partial charge in [-0.15, -0.1) is 10.2 Å². The normalized spacial score (nSPS) is 11.3. The van der Waals surface area contributed by atoms with Gasteiger partial charge in [-0.05, 0) is 79.9 Å². The molecule has 1 heterocycles. The molecule has 0 aliphatic carbocycles. The van der Waals surface area contributed by atoms with Crippen molar-refractivity contribution >= 4 is 22.6 Å². The maximum Gasteiger partial charge on any atom is 0.255 e. The molecule has 0 unspecified atom stereocenters. The van der Waals surface area contributed by atoms with E-state index < -0.39 is 0 Å². The smallest absolute Gasteiger partial charge is 0.255 e. The van der Waals surface area contributed by atoms with Crippen molar-refractivity contribution in [3.63, 3.8) is 0 Å². The molecule has 1 N–H and O–H groups in total. The summed E-state index contributed by atoms with van der Waals surface area (Å²) in [5.74, 6) is 1.03. The van der Waals surface area contributed by atoms with Gasteiger partial charge in [0.1, 0.15) is 16.8 Å². The number of fused-ring (bicyclic) bond motifs is 1. The maximum atomic E-state index is 12.6. The minimum Gasteiger partial charge on any atom is -0.491 e. The lowest BCUT2D eigenvalue weighted by molar-refractivity contribution is 0.102. The second-order valence-corrected chi connectivity index (χ2v) is 8.08. The monoisotopic (exact) mass is 414 g/mol. The van der Waals surface area contributed by atoms with Gasteiger partial charge in [-0.2, -0.15) is 4.80 Å². The molecule has 6 nitrogen and oxygen atoms in total. The van der Waals surface area contributed by atoms with Gasteiger partial charge in [-0.25, -0.2) is 0 Å². The van der Waals surface area contributed by atoms with E-state index in [1.807, 2.05) is 44.2 Å². The minimum absolute atomic E-state index is 0.0907. The Balaban J connectivity index is 1.50. The lowest BCUT2D eigenvalue weighted by Crippen LogP contribution is -2.12. The summed E-state index contributed by atoms with van der Waals surface area (Å²) in [5.41, 5.74) is 4.88. The molecule has 0 aliphatic heterocycles. The number of nitrogens with one attached hydrogen (secondary N) is 1. The number of aromatic nitrogens is 3. The highest BCUT2D eigenvalue weighted by molar-refractivity contribution is 6.05. The van der Waals surface area contributed by atoms with Gasteiger partial charge >= 0.3 is 0 Å². The summed E-state index contributed by atoms with van der Waals surface area (Å²) in [6, 6.07) is 20.8. The Morgan fingerprint density at radius 2 is 1.55 bits per heavy atom. The van der Waals surface area contributed by atoms with E-state index in [1.54, 1.807) is 29.1 Å². The highest BCUT2D eigenvalue weighted by atomic mass is 16.5. The molecular formula is C25H26N4O2. The molecule has 0 aliphatic rings. The number of nitrogens with zero attached hydrogens (tertiary/aromatic N) is 3. The lowest BCUT2D eigenvalue weighted by atomic mass is 10.0. The molecule has 31 heavy (non-hydrogen) atoms. The summed E-state index contributed by atoms with van der Waals surface area (Å²) < 4.78 is 5.62. The van der Waals surface area contributed by atoms with Crippen molar-refractivity contribution in [3.05, 3.63) is 77.9 Å². The highest BCUT2D eigenvalue weighted by Gasteiger charge is 2.10. The van der Waals surface area contributed by atoms with Gasteiger partial charge in [0.05, 0.1) is 11.8 Å². The van der Waals surface area contributed by atoms with Crippen molar-refractivity contribution in [2.24, 2.45) is 0 Å². The summed E-state index contributed by atoms with van der Waals surface area (Å²) >= 11 is 0. The SMILES string of the molecule is CC(C)Oc1ccc(C(=O)Nc2ccc3nn(-c4ccc(C(C)C)cc4)nc3c2)cc1. The number of anilines is 1. The third-order valence-corrected chi connectivity index (χ3v) is 4.92. The lowest BCUT2D eigenvalue weighted by Gasteiger charge is -2.10.